The Kier molecular flexibility index (Phi) is 3.02. The average molecular weight is 174 g/mol. The maximum absolute atomic E-state index is 10.7. The Labute approximate surface area is 79.1 Å². The van der Waals surface area contributed by atoms with Gasteiger partial charge in [0.1, 0.15) is 0 Å². The number of hydrogen-bond acceptors (Lipinski definition) is 1. The van der Waals surface area contributed by atoms with E-state index < -0.39 is 0 Å². The summed E-state index contributed by atoms with van der Waals surface area (Å²) in [7, 11) is 0. The van der Waals surface area contributed by atoms with Crippen LogP contribution in [0.3, 0.4) is 0 Å². The van der Waals surface area contributed by atoms with Crippen LogP contribution in [-0.4, -0.2) is 5.78 Å². The van der Waals surface area contributed by atoms with Crippen LogP contribution in [0.2, 0.25) is 0 Å². The fourth-order valence-electron chi connectivity index (χ4n) is 1.32. The number of ketones is 1. The molecule has 0 aliphatic carbocycles. The topological polar surface area (TPSA) is 17.1 Å². The van der Waals surface area contributed by atoms with Crippen LogP contribution in [0.5, 0.6) is 0 Å². The number of carbonyl (C=O) groups is 1. The minimum atomic E-state index is 0.0826. The molecule has 0 amide bonds. The van der Waals surface area contributed by atoms with Crippen LogP contribution in [0.4, 0.5) is 0 Å². The van der Waals surface area contributed by atoms with Gasteiger partial charge < -0.3 is 0 Å². The molecule has 0 spiro atoms. The van der Waals surface area contributed by atoms with Crippen molar-refractivity contribution in [3.8, 4) is 0 Å². The molecule has 0 bridgehead atoms. The second-order valence-corrected chi connectivity index (χ2v) is 3.37. The van der Waals surface area contributed by atoms with Gasteiger partial charge in [0.25, 0.3) is 0 Å². The van der Waals surface area contributed by atoms with E-state index in [-0.39, 0.29) is 5.78 Å². The maximum Gasteiger partial charge on any atom is 0.152 e. The Morgan fingerprint density at radius 3 is 2.15 bits per heavy atom. The Balaban J connectivity index is 2.95. The number of carbonyl (C=O) groups excluding carboxylic acids is 1. The van der Waals surface area contributed by atoms with Crippen LogP contribution in [0, 0.1) is 13.8 Å². The van der Waals surface area contributed by atoms with Gasteiger partial charge in [0, 0.05) is 0 Å². The van der Waals surface area contributed by atoms with Crippen LogP contribution in [0.25, 0.3) is 6.08 Å². The zero-order chi connectivity index (χ0) is 9.84. The van der Waals surface area contributed by atoms with Gasteiger partial charge in [-0.2, -0.15) is 0 Å². The third-order valence-corrected chi connectivity index (χ3v) is 1.75. The van der Waals surface area contributed by atoms with Gasteiger partial charge in [-0.15, -0.1) is 0 Å². The molecular formula is C12H14O. The summed E-state index contributed by atoms with van der Waals surface area (Å²) in [6.45, 7) is 5.66. The molecule has 0 fully saturated rings. The summed E-state index contributed by atoms with van der Waals surface area (Å²) in [6, 6.07) is 6.24. The molecule has 1 rings (SSSR count). The molecule has 1 aromatic carbocycles. The number of hydrogen-bond donors (Lipinski definition) is 0. The molecule has 1 aromatic rings. The largest absolute Gasteiger partial charge is 0.295 e. The van der Waals surface area contributed by atoms with Crippen LogP contribution < -0.4 is 0 Å². The van der Waals surface area contributed by atoms with Gasteiger partial charge in [-0.05, 0) is 32.4 Å². The molecule has 0 aliphatic rings. The predicted octanol–water partition coefficient (Wildman–Crippen LogP) is 2.91. The normalized spacial score (nSPS) is 10.7. The highest BCUT2D eigenvalue weighted by Gasteiger charge is 1.91. The van der Waals surface area contributed by atoms with Gasteiger partial charge in [-0.25, -0.2) is 0 Å². The summed E-state index contributed by atoms with van der Waals surface area (Å²) in [5, 5.41) is 0. The van der Waals surface area contributed by atoms with Crippen LogP contribution in [-0.2, 0) is 4.79 Å². The van der Waals surface area contributed by atoms with Gasteiger partial charge >= 0.3 is 0 Å². The maximum atomic E-state index is 10.7. The molecule has 1 nitrogen and oxygen atoms in total. The minimum absolute atomic E-state index is 0.0826. The quantitative estimate of drug-likeness (QED) is 0.630. The average Bonchev–Trinajstić information content (AvgIpc) is 1.99. The molecule has 13 heavy (non-hydrogen) atoms. The second kappa shape index (κ2) is 4.04. The van der Waals surface area contributed by atoms with Gasteiger partial charge in [0.2, 0.25) is 0 Å². The number of benzene rings is 1. The first-order chi connectivity index (χ1) is 6.08. The Hall–Kier alpha value is -1.37. The monoisotopic (exact) mass is 174 g/mol. The molecule has 0 aromatic heterocycles. The molecule has 0 N–H and O–H groups in total. The molecular weight excluding hydrogens is 160 g/mol. The van der Waals surface area contributed by atoms with Crippen molar-refractivity contribution in [1.82, 2.24) is 0 Å². The van der Waals surface area contributed by atoms with E-state index >= 15 is 0 Å². The highest BCUT2D eigenvalue weighted by atomic mass is 16.1. The van der Waals surface area contributed by atoms with Gasteiger partial charge in [-0.3, -0.25) is 4.79 Å². The zero-order valence-corrected chi connectivity index (χ0v) is 8.29. The molecule has 0 radical (unpaired) electrons. The summed E-state index contributed by atoms with van der Waals surface area (Å²) >= 11 is 0. The smallest absolute Gasteiger partial charge is 0.152 e. The third-order valence-electron chi connectivity index (χ3n) is 1.75. The molecule has 0 unspecified atom stereocenters. The number of allylic oxidation sites excluding steroid dienone is 1. The third kappa shape index (κ3) is 3.24. The molecule has 0 aliphatic heterocycles. The van der Waals surface area contributed by atoms with Crippen molar-refractivity contribution in [2.75, 3.05) is 0 Å². The van der Waals surface area contributed by atoms with Crippen molar-refractivity contribution in [2.24, 2.45) is 0 Å². The highest BCUT2D eigenvalue weighted by molar-refractivity contribution is 5.91. The van der Waals surface area contributed by atoms with Crippen molar-refractivity contribution in [3.63, 3.8) is 0 Å². The van der Waals surface area contributed by atoms with E-state index in [1.807, 2.05) is 6.08 Å². The first-order valence-corrected chi connectivity index (χ1v) is 4.35. The van der Waals surface area contributed by atoms with Gasteiger partial charge in [0.05, 0.1) is 0 Å². The fourth-order valence-corrected chi connectivity index (χ4v) is 1.32. The van der Waals surface area contributed by atoms with E-state index in [1.54, 1.807) is 13.0 Å². The van der Waals surface area contributed by atoms with E-state index in [2.05, 4.69) is 32.0 Å². The molecule has 0 saturated carbocycles. The van der Waals surface area contributed by atoms with Crippen LogP contribution in [0.15, 0.2) is 24.3 Å². The lowest BCUT2D eigenvalue weighted by atomic mass is 10.1. The summed E-state index contributed by atoms with van der Waals surface area (Å²) in [4.78, 5) is 10.7. The van der Waals surface area contributed by atoms with E-state index in [0.29, 0.717) is 0 Å². The predicted molar refractivity (Wildman–Crippen MR) is 55.6 cm³/mol. The van der Waals surface area contributed by atoms with Crippen molar-refractivity contribution in [1.29, 1.82) is 0 Å². The standard InChI is InChI=1S/C12H14O/c1-9-6-10(2)8-12(7-9)5-4-11(3)13/h4-8H,1-3H3/b5-4+. The summed E-state index contributed by atoms with van der Waals surface area (Å²) < 4.78 is 0. The first kappa shape index (κ1) is 9.72. The molecule has 0 heterocycles. The van der Waals surface area contributed by atoms with Crippen LogP contribution >= 0.6 is 0 Å². The van der Waals surface area contributed by atoms with Crippen LogP contribution in [0.1, 0.15) is 23.6 Å². The summed E-state index contributed by atoms with van der Waals surface area (Å²) in [5.74, 6) is 0.0826. The van der Waals surface area contributed by atoms with Crippen molar-refractivity contribution < 1.29 is 4.79 Å². The van der Waals surface area contributed by atoms with E-state index in [0.717, 1.165) is 5.56 Å². The number of rotatable bonds is 2. The van der Waals surface area contributed by atoms with E-state index in [4.69, 9.17) is 0 Å². The fraction of sp³-hybridized carbons (Fsp3) is 0.250. The zero-order valence-electron chi connectivity index (χ0n) is 8.29. The molecule has 0 atom stereocenters. The lowest BCUT2D eigenvalue weighted by Crippen LogP contribution is -1.83. The lowest BCUT2D eigenvalue weighted by molar-refractivity contribution is -0.112. The summed E-state index contributed by atoms with van der Waals surface area (Å²) in [5.41, 5.74) is 3.54. The van der Waals surface area contributed by atoms with E-state index in [9.17, 15) is 4.79 Å². The minimum Gasteiger partial charge on any atom is -0.295 e. The second-order valence-electron chi connectivity index (χ2n) is 3.37. The number of aryl methyl sites for hydroxylation is 2. The molecule has 1 heteroatoms. The molecule has 0 saturated heterocycles. The Morgan fingerprint density at radius 1 is 1.15 bits per heavy atom. The highest BCUT2D eigenvalue weighted by Crippen LogP contribution is 2.10. The Morgan fingerprint density at radius 2 is 1.69 bits per heavy atom. The first-order valence-electron chi connectivity index (χ1n) is 4.35. The van der Waals surface area contributed by atoms with Gasteiger partial charge in [-0.1, -0.05) is 35.4 Å². The van der Waals surface area contributed by atoms with Crippen molar-refractivity contribution in [3.05, 3.63) is 41.0 Å². The van der Waals surface area contributed by atoms with Crippen molar-refractivity contribution in [2.45, 2.75) is 20.8 Å². The summed E-state index contributed by atoms with van der Waals surface area (Å²) in [6.07, 6.45) is 3.44. The lowest BCUT2D eigenvalue weighted by Gasteiger charge is -1.98. The van der Waals surface area contributed by atoms with E-state index in [1.165, 1.54) is 11.1 Å². The Bertz CT molecular complexity index is 328. The molecule has 68 valence electrons. The van der Waals surface area contributed by atoms with Gasteiger partial charge in [0.15, 0.2) is 5.78 Å². The SMILES string of the molecule is CC(=O)/C=C/c1cc(C)cc(C)c1. The van der Waals surface area contributed by atoms with Crippen molar-refractivity contribution >= 4 is 11.9 Å².